The molecule has 3 aromatic rings. The third kappa shape index (κ3) is 4.29. The average molecular weight is 512 g/mol. The van der Waals surface area contributed by atoms with Crippen LogP contribution in [0, 0.1) is 5.92 Å². The van der Waals surface area contributed by atoms with Crippen molar-refractivity contribution < 1.29 is 13.9 Å². The zero-order chi connectivity index (χ0) is 25.0. The molecule has 4 heterocycles. The summed E-state index contributed by atoms with van der Waals surface area (Å²) in [5.74, 6) is 1.03. The van der Waals surface area contributed by atoms with Gasteiger partial charge in [-0.1, -0.05) is 11.6 Å². The van der Waals surface area contributed by atoms with Crippen molar-refractivity contribution >= 4 is 34.1 Å². The van der Waals surface area contributed by atoms with E-state index in [2.05, 4.69) is 26.4 Å². The summed E-state index contributed by atoms with van der Waals surface area (Å²) >= 11 is 6.70. The Kier molecular flexibility index (Phi) is 6.01. The molecule has 2 unspecified atom stereocenters. The Balaban J connectivity index is 1.15. The highest BCUT2D eigenvalue weighted by molar-refractivity contribution is 6.32. The molecule has 0 bridgehead atoms. The van der Waals surface area contributed by atoms with E-state index in [1.54, 1.807) is 10.9 Å². The lowest BCUT2D eigenvalue weighted by atomic mass is 9.85. The Labute approximate surface area is 215 Å². The number of hydrogen-bond acceptors (Lipinski definition) is 5. The molecular weight excluding hydrogens is 481 g/mol. The van der Waals surface area contributed by atoms with Crippen LogP contribution in [-0.2, 0) is 16.6 Å². The quantitative estimate of drug-likeness (QED) is 0.539. The van der Waals surface area contributed by atoms with Crippen LogP contribution < -0.4 is 5.32 Å². The average Bonchev–Trinajstić information content (AvgIpc) is 3.44. The number of nitrogens with one attached hydrogen (secondary N) is 1. The van der Waals surface area contributed by atoms with Gasteiger partial charge < -0.3 is 10.1 Å². The minimum atomic E-state index is -0.949. The standard InChI is InChI=1S/C27H31ClFN5O2/c1-27(15-36-14-24(27)29)34-5-3-16(4-6-34)21-7-17-9-25(30-11-18(17)8-23(21)28)32-26(35)22-10-20(22)19-12-31-33(2)13-19/h7-9,11-13,16,20,22,24H,3-6,10,14-15H2,1-2H3,(H,30,32,35)/t20?,22?,24-,27+/m0/s1. The first-order valence-corrected chi connectivity index (χ1v) is 13.0. The summed E-state index contributed by atoms with van der Waals surface area (Å²) in [5, 5.41) is 9.88. The van der Waals surface area contributed by atoms with Gasteiger partial charge >= 0.3 is 0 Å². The van der Waals surface area contributed by atoms with Crippen molar-refractivity contribution in [2.75, 3.05) is 31.6 Å². The number of ether oxygens (including phenoxy) is 1. The summed E-state index contributed by atoms with van der Waals surface area (Å²) in [6, 6.07) is 6.01. The highest BCUT2D eigenvalue weighted by Gasteiger charge is 2.46. The second-order valence-electron chi connectivity index (χ2n) is 10.8. The molecule has 1 aliphatic carbocycles. The summed E-state index contributed by atoms with van der Waals surface area (Å²) in [6.45, 7) is 4.23. The molecule has 190 valence electrons. The number of pyridine rings is 1. The van der Waals surface area contributed by atoms with Crippen LogP contribution in [0.3, 0.4) is 0 Å². The summed E-state index contributed by atoms with van der Waals surface area (Å²) in [4.78, 5) is 19.5. The second-order valence-corrected chi connectivity index (χ2v) is 11.2. The number of rotatable bonds is 5. The van der Waals surface area contributed by atoms with Gasteiger partial charge in [-0.25, -0.2) is 9.37 Å². The van der Waals surface area contributed by atoms with Gasteiger partial charge in [0.25, 0.3) is 0 Å². The van der Waals surface area contributed by atoms with Gasteiger partial charge in [0.15, 0.2) is 0 Å². The van der Waals surface area contributed by atoms with Crippen LogP contribution in [0.15, 0.2) is 36.8 Å². The van der Waals surface area contributed by atoms with E-state index in [4.69, 9.17) is 16.3 Å². The van der Waals surface area contributed by atoms with E-state index in [0.717, 1.165) is 59.3 Å². The Hall–Kier alpha value is -2.55. The molecule has 0 radical (unpaired) electrons. The minimum Gasteiger partial charge on any atom is -0.376 e. The van der Waals surface area contributed by atoms with Crippen molar-refractivity contribution in [1.82, 2.24) is 19.7 Å². The fourth-order valence-corrected chi connectivity index (χ4v) is 6.22. The van der Waals surface area contributed by atoms with Crippen LogP contribution >= 0.6 is 11.6 Å². The van der Waals surface area contributed by atoms with E-state index in [1.165, 1.54) is 0 Å². The third-order valence-electron chi connectivity index (χ3n) is 8.36. The molecule has 6 rings (SSSR count). The van der Waals surface area contributed by atoms with Gasteiger partial charge in [-0.3, -0.25) is 14.4 Å². The van der Waals surface area contributed by atoms with E-state index in [-0.39, 0.29) is 24.3 Å². The van der Waals surface area contributed by atoms with Crippen LogP contribution in [0.25, 0.3) is 10.8 Å². The maximum absolute atomic E-state index is 14.5. The first-order chi connectivity index (χ1) is 17.3. The number of aromatic nitrogens is 3. The van der Waals surface area contributed by atoms with Gasteiger partial charge in [-0.05, 0) is 85.8 Å². The Morgan fingerprint density at radius 2 is 2.03 bits per heavy atom. The van der Waals surface area contributed by atoms with Gasteiger partial charge in [0.1, 0.15) is 12.0 Å². The molecule has 3 fully saturated rings. The predicted molar refractivity (Wildman–Crippen MR) is 137 cm³/mol. The predicted octanol–water partition coefficient (Wildman–Crippen LogP) is 4.67. The highest BCUT2D eigenvalue weighted by atomic mass is 35.5. The Morgan fingerprint density at radius 1 is 1.22 bits per heavy atom. The molecule has 3 aliphatic rings. The van der Waals surface area contributed by atoms with Gasteiger partial charge in [0.2, 0.25) is 5.91 Å². The van der Waals surface area contributed by atoms with Gasteiger partial charge in [0, 0.05) is 35.8 Å². The molecule has 4 atom stereocenters. The summed E-state index contributed by atoms with van der Waals surface area (Å²) in [7, 11) is 1.88. The maximum atomic E-state index is 14.5. The van der Waals surface area contributed by atoms with Crippen LogP contribution in [0.5, 0.6) is 0 Å². The molecule has 7 nitrogen and oxygen atoms in total. The maximum Gasteiger partial charge on any atom is 0.229 e. The molecule has 36 heavy (non-hydrogen) atoms. The highest BCUT2D eigenvalue weighted by Crippen LogP contribution is 2.48. The summed E-state index contributed by atoms with van der Waals surface area (Å²) < 4.78 is 21.7. The summed E-state index contributed by atoms with van der Waals surface area (Å²) in [6.07, 6.45) is 7.28. The Bertz CT molecular complexity index is 1310. The van der Waals surface area contributed by atoms with Gasteiger partial charge in [-0.15, -0.1) is 0 Å². The molecule has 1 amide bonds. The number of carbonyl (C=O) groups excluding carboxylic acids is 1. The number of likely N-dealkylation sites (tertiary alicyclic amines) is 1. The van der Waals surface area contributed by atoms with Crippen LogP contribution in [-0.4, -0.2) is 63.6 Å². The third-order valence-corrected chi connectivity index (χ3v) is 8.69. The van der Waals surface area contributed by atoms with E-state index >= 15 is 0 Å². The number of amides is 1. The molecule has 2 aliphatic heterocycles. The number of nitrogens with zero attached hydrogens (tertiary/aromatic N) is 4. The lowest BCUT2D eigenvalue weighted by Gasteiger charge is -2.43. The van der Waals surface area contributed by atoms with Crippen molar-refractivity contribution in [2.24, 2.45) is 13.0 Å². The number of fused-ring (bicyclic) bond motifs is 1. The molecule has 1 aromatic carbocycles. The first-order valence-electron chi connectivity index (χ1n) is 12.7. The zero-order valence-corrected chi connectivity index (χ0v) is 21.3. The monoisotopic (exact) mass is 511 g/mol. The smallest absolute Gasteiger partial charge is 0.229 e. The largest absolute Gasteiger partial charge is 0.376 e. The second kappa shape index (κ2) is 9.08. The van der Waals surface area contributed by atoms with Crippen LogP contribution in [0.4, 0.5) is 10.2 Å². The number of anilines is 1. The van der Waals surface area contributed by atoms with E-state index in [1.807, 2.05) is 38.5 Å². The normalized spacial score (nSPS) is 29.1. The molecule has 2 saturated heterocycles. The van der Waals surface area contributed by atoms with Crippen LogP contribution in [0.1, 0.15) is 49.1 Å². The lowest BCUT2D eigenvalue weighted by Crippen LogP contribution is -2.55. The number of alkyl halides is 1. The van der Waals surface area contributed by atoms with Crippen molar-refractivity contribution in [2.45, 2.75) is 49.7 Å². The molecule has 1 saturated carbocycles. The van der Waals surface area contributed by atoms with Gasteiger partial charge in [-0.2, -0.15) is 5.10 Å². The lowest BCUT2D eigenvalue weighted by molar-refractivity contribution is -0.117. The summed E-state index contributed by atoms with van der Waals surface area (Å²) in [5.41, 5.74) is 1.68. The fourth-order valence-electron chi connectivity index (χ4n) is 5.90. The van der Waals surface area contributed by atoms with Crippen molar-refractivity contribution in [3.8, 4) is 0 Å². The first kappa shape index (κ1) is 23.8. The molecule has 9 heteroatoms. The number of benzene rings is 1. The minimum absolute atomic E-state index is 0.00665. The van der Waals surface area contributed by atoms with E-state index < -0.39 is 11.7 Å². The SMILES string of the molecule is Cn1cc(C2CC2C(=O)Nc2cc3cc(C4CCN([C@]5(C)COC[C@@H]5F)CC4)c(Cl)cc3cn2)cn1. The number of halogens is 2. The molecular formula is C27H31ClFN5O2. The van der Waals surface area contributed by atoms with Crippen molar-refractivity contribution in [3.63, 3.8) is 0 Å². The topological polar surface area (TPSA) is 72.3 Å². The number of aryl methyl sites for hydroxylation is 1. The van der Waals surface area contributed by atoms with Gasteiger partial charge in [0.05, 0.1) is 24.9 Å². The van der Waals surface area contributed by atoms with E-state index in [9.17, 15) is 9.18 Å². The Morgan fingerprint density at radius 3 is 2.72 bits per heavy atom. The van der Waals surface area contributed by atoms with Crippen molar-refractivity contribution in [3.05, 3.63) is 52.9 Å². The number of piperidine rings is 1. The molecule has 1 N–H and O–H groups in total. The van der Waals surface area contributed by atoms with Crippen LogP contribution in [0.2, 0.25) is 5.02 Å². The number of carbonyl (C=O) groups is 1. The fraction of sp³-hybridized carbons (Fsp3) is 0.519. The molecule has 0 spiro atoms. The number of hydrogen-bond donors (Lipinski definition) is 1. The van der Waals surface area contributed by atoms with Crippen molar-refractivity contribution in [1.29, 1.82) is 0 Å². The molecule has 2 aromatic heterocycles. The van der Waals surface area contributed by atoms with E-state index in [0.29, 0.717) is 18.3 Å². The zero-order valence-electron chi connectivity index (χ0n) is 20.6.